The smallest absolute Gasteiger partial charge is 0.271 e. The lowest BCUT2D eigenvalue weighted by atomic mass is 10.2. The van der Waals surface area contributed by atoms with Crippen LogP contribution in [0.25, 0.3) is 0 Å². The third-order valence-electron chi connectivity index (χ3n) is 3.81. The van der Waals surface area contributed by atoms with Crippen molar-refractivity contribution >= 4 is 61.1 Å². The zero-order valence-corrected chi connectivity index (χ0v) is 17.1. The third-order valence-corrected chi connectivity index (χ3v) is 7.29. The molecule has 1 aliphatic heterocycles. The van der Waals surface area contributed by atoms with E-state index >= 15 is 0 Å². The first-order valence-electron chi connectivity index (χ1n) is 7.26. The molecule has 9 heteroatoms. The SMILES string of the molecule is CN1CCN(c2ccccc2NS(=O)(=O)c2ccc(Br)s2)CC1.Cl. The highest BCUT2D eigenvalue weighted by molar-refractivity contribution is 9.11. The van der Waals surface area contributed by atoms with E-state index in [9.17, 15) is 8.42 Å². The van der Waals surface area contributed by atoms with Crippen molar-refractivity contribution in [1.29, 1.82) is 0 Å². The number of halogens is 2. The van der Waals surface area contributed by atoms with E-state index in [4.69, 9.17) is 0 Å². The Morgan fingerprint density at radius 1 is 1.08 bits per heavy atom. The van der Waals surface area contributed by atoms with Crippen LogP contribution in [0, 0.1) is 0 Å². The summed E-state index contributed by atoms with van der Waals surface area (Å²) in [6.45, 7) is 3.72. The fourth-order valence-electron chi connectivity index (χ4n) is 2.52. The van der Waals surface area contributed by atoms with Gasteiger partial charge in [0.25, 0.3) is 10.0 Å². The lowest BCUT2D eigenvalue weighted by Crippen LogP contribution is -2.44. The van der Waals surface area contributed by atoms with Crippen LogP contribution in [0.3, 0.4) is 0 Å². The number of rotatable bonds is 4. The van der Waals surface area contributed by atoms with Crippen LogP contribution in [0.4, 0.5) is 11.4 Å². The number of likely N-dealkylation sites (N-methyl/N-ethyl adjacent to an activating group) is 1. The van der Waals surface area contributed by atoms with Crippen LogP contribution >= 0.6 is 39.7 Å². The standard InChI is InChI=1S/C15H18BrN3O2S2.ClH/c1-18-8-10-19(11-9-18)13-5-3-2-4-12(13)17-23(20,21)15-7-6-14(16)22-15;/h2-7,17H,8-11H2,1H3;1H. The van der Waals surface area contributed by atoms with Gasteiger partial charge in [0.2, 0.25) is 0 Å². The number of nitrogens with zero attached hydrogens (tertiary/aromatic N) is 2. The van der Waals surface area contributed by atoms with E-state index in [1.54, 1.807) is 12.1 Å². The van der Waals surface area contributed by atoms with E-state index in [2.05, 4.69) is 37.5 Å². The predicted molar refractivity (Wildman–Crippen MR) is 106 cm³/mol. The van der Waals surface area contributed by atoms with Crippen LogP contribution in [0.1, 0.15) is 0 Å². The van der Waals surface area contributed by atoms with Crippen molar-refractivity contribution in [3.63, 3.8) is 0 Å². The summed E-state index contributed by atoms with van der Waals surface area (Å²) in [6, 6.07) is 10.9. The van der Waals surface area contributed by atoms with Crippen molar-refractivity contribution in [2.45, 2.75) is 4.21 Å². The molecular formula is C15H19BrClN3O2S2. The van der Waals surface area contributed by atoms with Crippen molar-refractivity contribution in [1.82, 2.24) is 4.90 Å². The van der Waals surface area contributed by atoms with Crippen LogP contribution in [0.2, 0.25) is 0 Å². The van der Waals surface area contributed by atoms with Gasteiger partial charge in [0.1, 0.15) is 4.21 Å². The molecule has 0 spiro atoms. The number of hydrogen-bond acceptors (Lipinski definition) is 5. The minimum Gasteiger partial charge on any atom is -0.367 e. The Balaban J connectivity index is 0.00000208. The van der Waals surface area contributed by atoms with Gasteiger partial charge < -0.3 is 9.80 Å². The Bertz CT molecular complexity index is 790. The van der Waals surface area contributed by atoms with E-state index in [0.717, 1.165) is 35.7 Å². The summed E-state index contributed by atoms with van der Waals surface area (Å²) in [5.74, 6) is 0. The summed E-state index contributed by atoms with van der Waals surface area (Å²) in [7, 11) is -1.47. The second-order valence-electron chi connectivity index (χ2n) is 5.47. The predicted octanol–water partition coefficient (Wildman–Crippen LogP) is 3.49. The molecule has 1 saturated heterocycles. The molecule has 1 aliphatic rings. The van der Waals surface area contributed by atoms with Crippen LogP contribution in [-0.2, 0) is 10.0 Å². The molecule has 2 aromatic rings. The third kappa shape index (κ3) is 4.43. The van der Waals surface area contributed by atoms with Gasteiger partial charge in [-0.05, 0) is 47.2 Å². The summed E-state index contributed by atoms with van der Waals surface area (Å²) in [6.07, 6.45) is 0. The molecule has 5 nitrogen and oxygen atoms in total. The zero-order valence-electron chi connectivity index (χ0n) is 13.1. The van der Waals surface area contributed by atoms with Crippen LogP contribution in [0.15, 0.2) is 44.4 Å². The number of thiophene rings is 1. The summed E-state index contributed by atoms with van der Waals surface area (Å²) in [5, 5.41) is 0. The van der Waals surface area contributed by atoms with E-state index in [0.29, 0.717) is 9.90 Å². The van der Waals surface area contributed by atoms with Gasteiger partial charge in [0.05, 0.1) is 15.2 Å². The molecule has 0 amide bonds. The molecule has 1 fully saturated rings. The molecule has 0 radical (unpaired) electrons. The summed E-state index contributed by atoms with van der Waals surface area (Å²) in [4.78, 5) is 4.49. The molecule has 2 heterocycles. The lowest BCUT2D eigenvalue weighted by Gasteiger charge is -2.35. The monoisotopic (exact) mass is 451 g/mol. The van der Waals surface area contributed by atoms with Crippen LogP contribution in [-0.4, -0.2) is 46.5 Å². The van der Waals surface area contributed by atoms with Gasteiger partial charge in [0, 0.05) is 26.2 Å². The number of sulfonamides is 1. The van der Waals surface area contributed by atoms with Crippen molar-refractivity contribution in [3.8, 4) is 0 Å². The fraction of sp³-hybridized carbons (Fsp3) is 0.333. The minimum atomic E-state index is -3.56. The molecule has 24 heavy (non-hydrogen) atoms. The molecule has 3 rings (SSSR count). The maximum atomic E-state index is 12.6. The average molecular weight is 453 g/mol. The number of hydrogen-bond donors (Lipinski definition) is 1. The number of nitrogens with one attached hydrogen (secondary N) is 1. The van der Waals surface area contributed by atoms with Gasteiger partial charge in [-0.25, -0.2) is 8.42 Å². The van der Waals surface area contributed by atoms with Crippen LogP contribution < -0.4 is 9.62 Å². The number of para-hydroxylation sites is 2. The first-order valence-corrected chi connectivity index (χ1v) is 10.4. The molecule has 132 valence electrons. The van der Waals surface area contributed by atoms with Crippen molar-refractivity contribution in [3.05, 3.63) is 40.2 Å². The van der Waals surface area contributed by atoms with Crippen molar-refractivity contribution in [2.24, 2.45) is 0 Å². The maximum absolute atomic E-state index is 12.6. The fourth-order valence-corrected chi connectivity index (χ4v) is 5.60. The van der Waals surface area contributed by atoms with E-state index in [1.165, 1.54) is 11.3 Å². The summed E-state index contributed by atoms with van der Waals surface area (Å²) >= 11 is 4.51. The molecule has 0 saturated carbocycles. The molecular weight excluding hydrogens is 434 g/mol. The largest absolute Gasteiger partial charge is 0.367 e. The van der Waals surface area contributed by atoms with Gasteiger partial charge in [-0.15, -0.1) is 23.7 Å². The number of anilines is 2. The van der Waals surface area contributed by atoms with Gasteiger partial charge in [-0.2, -0.15) is 0 Å². The van der Waals surface area contributed by atoms with Gasteiger partial charge >= 0.3 is 0 Å². The maximum Gasteiger partial charge on any atom is 0.271 e. The zero-order chi connectivity index (χ0) is 16.4. The molecule has 1 aromatic heterocycles. The van der Waals surface area contributed by atoms with E-state index in [-0.39, 0.29) is 12.4 Å². The van der Waals surface area contributed by atoms with Crippen LogP contribution in [0.5, 0.6) is 0 Å². The highest BCUT2D eigenvalue weighted by Gasteiger charge is 2.21. The molecule has 0 bridgehead atoms. The topological polar surface area (TPSA) is 52.6 Å². The molecule has 1 N–H and O–H groups in total. The van der Waals surface area contributed by atoms with Gasteiger partial charge in [-0.1, -0.05) is 12.1 Å². The Hall–Kier alpha value is -0.800. The van der Waals surface area contributed by atoms with Crippen molar-refractivity contribution < 1.29 is 8.42 Å². The van der Waals surface area contributed by atoms with Crippen molar-refractivity contribution in [2.75, 3.05) is 42.8 Å². The number of piperazine rings is 1. The second-order valence-corrected chi connectivity index (χ2v) is 9.84. The second kappa shape index (κ2) is 8.05. The highest BCUT2D eigenvalue weighted by atomic mass is 79.9. The van der Waals surface area contributed by atoms with E-state index in [1.807, 2.05) is 24.3 Å². The first-order chi connectivity index (χ1) is 11.0. The molecule has 1 aromatic carbocycles. The molecule has 0 aliphatic carbocycles. The Morgan fingerprint density at radius 3 is 2.38 bits per heavy atom. The minimum absolute atomic E-state index is 0. The Kier molecular flexibility index (Phi) is 6.55. The Morgan fingerprint density at radius 2 is 1.75 bits per heavy atom. The summed E-state index contributed by atoms with van der Waals surface area (Å²) < 4.78 is 28.9. The Labute approximate surface area is 161 Å². The quantitative estimate of drug-likeness (QED) is 0.771. The summed E-state index contributed by atoms with van der Waals surface area (Å²) in [5.41, 5.74) is 1.56. The lowest BCUT2D eigenvalue weighted by molar-refractivity contribution is 0.313. The first kappa shape index (κ1) is 19.5. The molecule has 0 unspecified atom stereocenters. The average Bonchev–Trinajstić information content (AvgIpc) is 2.96. The van der Waals surface area contributed by atoms with E-state index < -0.39 is 10.0 Å². The van der Waals surface area contributed by atoms with Gasteiger partial charge in [0.15, 0.2) is 0 Å². The number of benzene rings is 1. The van der Waals surface area contributed by atoms with Gasteiger partial charge in [-0.3, -0.25) is 4.72 Å². The molecule has 0 atom stereocenters. The highest BCUT2D eigenvalue weighted by Crippen LogP contribution is 2.31. The normalized spacial score (nSPS) is 15.8.